The highest BCUT2D eigenvalue weighted by atomic mass is 14.4. The predicted molar refractivity (Wildman–Crippen MR) is 144 cm³/mol. The molecule has 4 aromatic carbocycles. The molecule has 0 aromatic heterocycles. The second-order valence-electron chi connectivity index (χ2n) is 11.5. The fraction of sp³-hybridized carbons (Fsp3) is 0.273. The zero-order valence-corrected chi connectivity index (χ0v) is 20.4. The molecule has 0 unspecified atom stereocenters. The molecule has 0 radical (unpaired) electrons. The van der Waals surface area contributed by atoms with Crippen molar-refractivity contribution in [2.75, 3.05) is 0 Å². The van der Waals surface area contributed by atoms with Gasteiger partial charge in [0.2, 0.25) is 0 Å². The minimum absolute atomic E-state index is 0.127. The Bertz CT molecular complexity index is 1500. The fourth-order valence-electron chi connectivity index (χ4n) is 6.38. The van der Waals surface area contributed by atoms with Gasteiger partial charge in [-0.25, -0.2) is 0 Å². The molecule has 0 bridgehead atoms. The van der Waals surface area contributed by atoms with E-state index in [9.17, 15) is 0 Å². The van der Waals surface area contributed by atoms with Crippen molar-refractivity contribution in [1.29, 1.82) is 0 Å². The zero-order valence-electron chi connectivity index (χ0n) is 20.4. The van der Waals surface area contributed by atoms with Crippen LogP contribution >= 0.6 is 0 Å². The second-order valence-corrected chi connectivity index (χ2v) is 11.5. The minimum Gasteiger partial charge on any atom is -0.0779 e. The van der Waals surface area contributed by atoms with Crippen LogP contribution in [0.3, 0.4) is 0 Å². The molecule has 6 rings (SSSR count). The molecule has 0 fully saturated rings. The van der Waals surface area contributed by atoms with Crippen LogP contribution in [0.1, 0.15) is 57.2 Å². The van der Waals surface area contributed by atoms with Crippen molar-refractivity contribution >= 4 is 27.1 Å². The largest absolute Gasteiger partial charge is 0.0779 e. The van der Waals surface area contributed by atoms with Crippen LogP contribution in [0.25, 0.3) is 38.2 Å². The summed E-state index contributed by atoms with van der Waals surface area (Å²) in [5, 5.41) is 5.39. The minimum atomic E-state index is 0.127. The number of fused-ring (bicyclic) bond motifs is 5. The molecule has 164 valence electrons. The van der Waals surface area contributed by atoms with Gasteiger partial charge in [-0.05, 0) is 91.6 Å². The summed E-state index contributed by atoms with van der Waals surface area (Å²) in [6, 6.07) is 25.0. The van der Waals surface area contributed by atoms with Crippen molar-refractivity contribution < 1.29 is 0 Å². The quantitative estimate of drug-likeness (QED) is 0.283. The number of hydrogen-bond donors (Lipinski definition) is 0. The average molecular weight is 429 g/mol. The standard InChI is InChI=1S/C33H32/c1-21-17-30-23(18-29(21)27-12-8-10-22-9-6-7-11-25(22)27)13-14-28-26-15-16-32(2,3)19-24(26)20-33(4,5)31(28)30/h6-18H,19-20H2,1-5H3. The Morgan fingerprint density at radius 1 is 0.667 bits per heavy atom. The number of aryl methyl sites for hydroxylation is 1. The highest BCUT2D eigenvalue weighted by molar-refractivity contribution is 6.02. The van der Waals surface area contributed by atoms with Crippen LogP contribution in [0.4, 0.5) is 0 Å². The smallest absolute Gasteiger partial charge is 0.00538 e. The van der Waals surface area contributed by atoms with Gasteiger partial charge in [-0.3, -0.25) is 0 Å². The van der Waals surface area contributed by atoms with Crippen molar-refractivity contribution in [1.82, 2.24) is 0 Å². The number of benzene rings is 4. The molecule has 2 aliphatic carbocycles. The molecule has 0 heterocycles. The third kappa shape index (κ3) is 3.19. The highest BCUT2D eigenvalue weighted by Gasteiger charge is 2.36. The molecule has 0 nitrogen and oxygen atoms in total. The van der Waals surface area contributed by atoms with Crippen LogP contribution in [0.5, 0.6) is 0 Å². The van der Waals surface area contributed by atoms with Crippen LogP contribution < -0.4 is 0 Å². The summed E-state index contributed by atoms with van der Waals surface area (Å²) in [5.74, 6) is 0. The maximum atomic E-state index is 2.45. The van der Waals surface area contributed by atoms with E-state index in [4.69, 9.17) is 0 Å². The van der Waals surface area contributed by atoms with Crippen LogP contribution in [0, 0.1) is 12.3 Å². The van der Waals surface area contributed by atoms with Crippen molar-refractivity contribution in [2.45, 2.75) is 52.9 Å². The Labute approximate surface area is 197 Å². The first-order chi connectivity index (χ1) is 15.7. The molecule has 4 aromatic rings. The molecule has 0 spiro atoms. The van der Waals surface area contributed by atoms with Crippen LogP contribution in [-0.2, 0) is 5.41 Å². The average Bonchev–Trinajstić information content (AvgIpc) is 2.76. The van der Waals surface area contributed by atoms with Crippen LogP contribution in [0.15, 0.2) is 84.5 Å². The summed E-state index contributed by atoms with van der Waals surface area (Å²) in [7, 11) is 0. The molecule has 2 aliphatic rings. The molecule has 0 atom stereocenters. The third-order valence-corrected chi connectivity index (χ3v) is 7.82. The lowest BCUT2D eigenvalue weighted by Gasteiger charge is -2.40. The van der Waals surface area contributed by atoms with Gasteiger partial charge in [0.25, 0.3) is 0 Å². The zero-order chi connectivity index (χ0) is 23.0. The highest BCUT2D eigenvalue weighted by Crippen LogP contribution is 2.51. The first-order valence-electron chi connectivity index (χ1n) is 12.2. The summed E-state index contributed by atoms with van der Waals surface area (Å²) in [5.41, 5.74) is 10.5. The van der Waals surface area contributed by atoms with E-state index in [0.29, 0.717) is 0 Å². The molecule has 0 aliphatic heterocycles. The van der Waals surface area contributed by atoms with Crippen LogP contribution in [0.2, 0.25) is 0 Å². The molecule has 0 saturated heterocycles. The number of allylic oxidation sites excluding steroid dienone is 4. The van der Waals surface area contributed by atoms with Gasteiger partial charge in [-0.2, -0.15) is 0 Å². The van der Waals surface area contributed by atoms with E-state index in [0.717, 1.165) is 6.42 Å². The predicted octanol–water partition coefficient (Wildman–Crippen LogP) is 9.39. The van der Waals surface area contributed by atoms with E-state index in [1.807, 2.05) is 0 Å². The molecular weight excluding hydrogens is 396 g/mol. The number of hydrogen-bond acceptors (Lipinski definition) is 0. The summed E-state index contributed by atoms with van der Waals surface area (Å²) < 4.78 is 0. The van der Waals surface area contributed by atoms with Gasteiger partial charge in [0.05, 0.1) is 0 Å². The monoisotopic (exact) mass is 428 g/mol. The van der Waals surface area contributed by atoms with Gasteiger partial charge in [0.15, 0.2) is 0 Å². The van der Waals surface area contributed by atoms with Gasteiger partial charge in [0.1, 0.15) is 0 Å². The molecular formula is C33H32. The lowest BCUT2D eigenvalue weighted by atomic mass is 9.64. The summed E-state index contributed by atoms with van der Waals surface area (Å²) >= 11 is 0. The van der Waals surface area contributed by atoms with Gasteiger partial charge in [-0.1, -0.05) is 106 Å². The van der Waals surface area contributed by atoms with E-state index in [1.54, 1.807) is 5.57 Å². The Morgan fingerprint density at radius 3 is 2.30 bits per heavy atom. The Kier molecular flexibility index (Phi) is 4.31. The van der Waals surface area contributed by atoms with Crippen molar-refractivity contribution in [3.8, 4) is 11.1 Å². The lowest BCUT2D eigenvalue weighted by Crippen LogP contribution is -2.27. The summed E-state index contributed by atoms with van der Waals surface area (Å²) in [6.07, 6.45) is 7.12. The third-order valence-electron chi connectivity index (χ3n) is 7.82. The Morgan fingerprint density at radius 2 is 1.45 bits per heavy atom. The normalized spacial score (nSPS) is 18.5. The molecule has 0 saturated carbocycles. The van der Waals surface area contributed by atoms with Crippen molar-refractivity contribution in [2.24, 2.45) is 5.41 Å². The van der Waals surface area contributed by atoms with E-state index in [2.05, 4.69) is 114 Å². The SMILES string of the molecule is Cc1cc2c3c(ccc2cc1-c1cccc2ccccc12)C1=C(CC(C)(C)C=C1)CC3(C)C. The first-order valence-corrected chi connectivity index (χ1v) is 12.2. The van der Waals surface area contributed by atoms with Gasteiger partial charge in [0, 0.05) is 0 Å². The lowest BCUT2D eigenvalue weighted by molar-refractivity contribution is 0.429. The van der Waals surface area contributed by atoms with Crippen LogP contribution in [-0.4, -0.2) is 0 Å². The first kappa shape index (κ1) is 20.5. The van der Waals surface area contributed by atoms with Crippen molar-refractivity contribution in [3.05, 3.63) is 101 Å². The molecule has 0 N–H and O–H groups in total. The van der Waals surface area contributed by atoms with E-state index in [-0.39, 0.29) is 10.8 Å². The maximum absolute atomic E-state index is 2.45. The van der Waals surface area contributed by atoms with Crippen molar-refractivity contribution in [3.63, 3.8) is 0 Å². The maximum Gasteiger partial charge on any atom is -0.00538 e. The van der Waals surface area contributed by atoms with E-state index >= 15 is 0 Å². The van der Waals surface area contributed by atoms with E-state index in [1.165, 1.54) is 61.4 Å². The van der Waals surface area contributed by atoms with Gasteiger partial charge in [-0.15, -0.1) is 0 Å². The number of rotatable bonds is 1. The van der Waals surface area contributed by atoms with Gasteiger partial charge >= 0.3 is 0 Å². The topological polar surface area (TPSA) is 0 Å². The van der Waals surface area contributed by atoms with E-state index < -0.39 is 0 Å². The molecule has 0 amide bonds. The molecule has 33 heavy (non-hydrogen) atoms. The second kappa shape index (κ2) is 6.94. The fourth-order valence-corrected chi connectivity index (χ4v) is 6.38. The molecule has 0 heteroatoms. The Hall–Kier alpha value is -3.12. The summed E-state index contributed by atoms with van der Waals surface area (Å²) in [6.45, 7) is 11.9. The summed E-state index contributed by atoms with van der Waals surface area (Å²) in [4.78, 5) is 0. The Balaban J connectivity index is 1.59. The van der Waals surface area contributed by atoms with Gasteiger partial charge < -0.3 is 0 Å².